The van der Waals surface area contributed by atoms with Crippen molar-refractivity contribution in [3.63, 3.8) is 0 Å². The molecule has 0 rings (SSSR count). The molecule has 8 heteroatoms. The van der Waals surface area contributed by atoms with E-state index in [2.05, 4.69) is 74.6 Å². The number of aliphatic carboxylic acids is 1. The maximum atomic E-state index is 12.7. The van der Waals surface area contributed by atoms with Crippen LogP contribution in [-0.4, -0.2) is 75.5 Å². The lowest BCUT2D eigenvalue weighted by atomic mass is 10.1. The molecule has 0 bridgehead atoms. The molecule has 0 amide bonds. The van der Waals surface area contributed by atoms with Crippen molar-refractivity contribution >= 4 is 17.9 Å². The number of carbonyl (C=O) groups is 3. The Kier molecular flexibility index (Phi) is 32.1. The number of hydrogen-bond donors (Lipinski definition) is 0. The number of quaternary nitrogens is 1. The summed E-state index contributed by atoms with van der Waals surface area (Å²) in [6.07, 6.45) is 39.6. The summed E-state index contributed by atoms with van der Waals surface area (Å²) < 4.78 is 17.1. The Balaban J connectivity index is 4.44. The van der Waals surface area contributed by atoms with Crippen molar-refractivity contribution in [2.24, 2.45) is 0 Å². The van der Waals surface area contributed by atoms with Gasteiger partial charge in [0.2, 0.25) is 0 Å². The average molecular weight is 716 g/mol. The molecule has 0 radical (unpaired) electrons. The minimum Gasteiger partial charge on any atom is -0.544 e. The van der Waals surface area contributed by atoms with E-state index in [1.54, 1.807) is 21.1 Å². The fourth-order valence-corrected chi connectivity index (χ4v) is 5.40. The first-order valence-corrected chi connectivity index (χ1v) is 19.8. The van der Waals surface area contributed by atoms with E-state index in [-0.39, 0.29) is 42.7 Å². The van der Waals surface area contributed by atoms with Crippen LogP contribution >= 0.6 is 0 Å². The molecule has 2 atom stereocenters. The van der Waals surface area contributed by atoms with E-state index in [0.29, 0.717) is 12.8 Å². The summed E-state index contributed by atoms with van der Waals surface area (Å²) in [6.45, 7) is 4.37. The van der Waals surface area contributed by atoms with Crippen LogP contribution in [0.3, 0.4) is 0 Å². The predicted molar refractivity (Wildman–Crippen MR) is 208 cm³/mol. The maximum Gasteiger partial charge on any atom is 0.306 e. The molecule has 0 aliphatic rings. The van der Waals surface area contributed by atoms with Crippen LogP contribution in [0.4, 0.5) is 0 Å². The van der Waals surface area contributed by atoms with Gasteiger partial charge < -0.3 is 28.6 Å². The molecule has 292 valence electrons. The largest absolute Gasteiger partial charge is 0.544 e. The van der Waals surface area contributed by atoms with E-state index in [4.69, 9.17) is 14.2 Å². The van der Waals surface area contributed by atoms with E-state index in [1.165, 1.54) is 19.3 Å². The van der Waals surface area contributed by atoms with Gasteiger partial charge in [0.05, 0.1) is 40.3 Å². The number of carboxylic acids is 1. The van der Waals surface area contributed by atoms with E-state index in [1.807, 2.05) is 0 Å². The molecule has 0 saturated heterocycles. The number of hydrogen-bond acceptors (Lipinski definition) is 7. The fraction of sp³-hybridized carbons (Fsp3) is 0.698. The van der Waals surface area contributed by atoms with Gasteiger partial charge in [-0.2, -0.15) is 0 Å². The highest BCUT2D eigenvalue weighted by atomic mass is 16.6. The lowest BCUT2D eigenvalue weighted by Gasteiger charge is -2.34. The van der Waals surface area contributed by atoms with Gasteiger partial charge in [0.25, 0.3) is 0 Å². The SMILES string of the molecule is CC/C=C/C=C/C=C/CCCCCCCCCC(=O)OC(COCCC(C(=O)[O-])[N+](C)(C)C)COC(=O)CCCCCCC/C=C/C/C=C/CC. The Morgan fingerprint density at radius 2 is 1.14 bits per heavy atom. The molecular weight excluding hydrogens is 642 g/mol. The van der Waals surface area contributed by atoms with Crippen molar-refractivity contribution in [3.05, 3.63) is 60.8 Å². The van der Waals surface area contributed by atoms with Crippen LogP contribution in [0.5, 0.6) is 0 Å². The lowest BCUT2D eigenvalue weighted by molar-refractivity contribution is -0.889. The zero-order valence-corrected chi connectivity index (χ0v) is 33.0. The van der Waals surface area contributed by atoms with E-state index in [9.17, 15) is 19.5 Å². The molecule has 51 heavy (non-hydrogen) atoms. The van der Waals surface area contributed by atoms with Gasteiger partial charge in [-0.25, -0.2) is 0 Å². The summed E-state index contributed by atoms with van der Waals surface area (Å²) in [5, 5.41) is 11.6. The zero-order valence-electron chi connectivity index (χ0n) is 33.0. The Labute approximate surface area is 311 Å². The minimum absolute atomic E-state index is 0.0284. The number of carbonyl (C=O) groups excluding carboxylic acids is 3. The summed E-state index contributed by atoms with van der Waals surface area (Å²) in [5.41, 5.74) is 0. The van der Waals surface area contributed by atoms with Crippen LogP contribution in [0.25, 0.3) is 0 Å². The second-order valence-electron chi connectivity index (χ2n) is 14.2. The Morgan fingerprint density at radius 1 is 0.608 bits per heavy atom. The molecule has 0 saturated carbocycles. The number of nitrogens with zero attached hydrogens (tertiary/aromatic N) is 1. The van der Waals surface area contributed by atoms with Crippen molar-refractivity contribution in [2.45, 2.75) is 154 Å². The van der Waals surface area contributed by atoms with Gasteiger partial charge in [-0.1, -0.05) is 126 Å². The number of carboxylic acid groups (broad SMARTS) is 1. The number of allylic oxidation sites excluding steroid dienone is 10. The van der Waals surface area contributed by atoms with E-state index in [0.717, 1.165) is 89.9 Å². The summed E-state index contributed by atoms with van der Waals surface area (Å²) in [5.74, 6) is -1.78. The third-order valence-electron chi connectivity index (χ3n) is 8.46. The molecule has 0 fully saturated rings. The van der Waals surface area contributed by atoms with Crippen molar-refractivity contribution in [3.8, 4) is 0 Å². The monoisotopic (exact) mass is 716 g/mol. The van der Waals surface area contributed by atoms with Crippen LogP contribution < -0.4 is 5.11 Å². The Bertz CT molecular complexity index is 1020. The quantitative estimate of drug-likeness (QED) is 0.0216. The number of unbranched alkanes of at least 4 members (excludes halogenated alkanes) is 12. The van der Waals surface area contributed by atoms with Gasteiger partial charge in [-0.15, -0.1) is 0 Å². The average Bonchev–Trinajstić information content (AvgIpc) is 3.08. The predicted octanol–water partition coefficient (Wildman–Crippen LogP) is 8.91. The van der Waals surface area contributed by atoms with E-state index >= 15 is 0 Å². The second kappa shape index (κ2) is 34.1. The molecular formula is C43H73NO7. The lowest BCUT2D eigenvalue weighted by Crippen LogP contribution is -2.55. The van der Waals surface area contributed by atoms with Crippen molar-refractivity contribution in [2.75, 3.05) is 41.0 Å². The van der Waals surface area contributed by atoms with Crippen molar-refractivity contribution in [1.82, 2.24) is 0 Å². The normalized spacial score (nSPS) is 13.7. The molecule has 0 aliphatic heterocycles. The molecule has 0 aromatic heterocycles. The summed E-state index contributed by atoms with van der Waals surface area (Å²) >= 11 is 0. The Hall–Kier alpha value is -2.97. The van der Waals surface area contributed by atoms with Crippen LogP contribution in [0.15, 0.2) is 60.8 Å². The first kappa shape index (κ1) is 48.0. The highest BCUT2D eigenvalue weighted by Crippen LogP contribution is 2.13. The van der Waals surface area contributed by atoms with Gasteiger partial charge >= 0.3 is 11.9 Å². The van der Waals surface area contributed by atoms with Crippen LogP contribution in [-0.2, 0) is 28.6 Å². The first-order chi connectivity index (χ1) is 24.6. The van der Waals surface area contributed by atoms with Crippen LogP contribution in [0.1, 0.15) is 142 Å². The third kappa shape index (κ3) is 32.7. The topological polar surface area (TPSA) is 102 Å². The molecule has 0 aromatic rings. The third-order valence-corrected chi connectivity index (χ3v) is 8.46. The van der Waals surface area contributed by atoms with Gasteiger partial charge in [0.1, 0.15) is 12.6 Å². The van der Waals surface area contributed by atoms with Gasteiger partial charge in [-0.3, -0.25) is 9.59 Å². The van der Waals surface area contributed by atoms with Crippen LogP contribution in [0.2, 0.25) is 0 Å². The van der Waals surface area contributed by atoms with Crippen LogP contribution in [0, 0.1) is 0 Å². The van der Waals surface area contributed by atoms with E-state index < -0.39 is 18.1 Å². The first-order valence-electron chi connectivity index (χ1n) is 19.8. The summed E-state index contributed by atoms with van der Waals surface area (Å²) in [6, 6.07) is -0.731. The van der Waals surface area contributed by atoms with Gasteiger partial charge in [0.15, 0.2) is 6.10 Å². The summed E-state index contributed by atoms with van der Waals surface area (Å²) in [7, 11) is 5.38. The van der Waals surface area contributed by atoms with Crippen molar-refractivity contribution in [1.29, 1.82) is 0 Å². The summed E-state index contributed by atoms with van der Waals surface area (Å²) in [4.78, 5) is 36.7. The molecule has 0 heterocycles. The molecule has 0 aliphatic carbocycles. The Morgan fingerprint density at radius 3 is 1.73 bits per heavy atom. The second-order valence-corrected chi connectivity index (χ2v) is 14.2. The van der Waals surface area contributed by atoms with Gasteiger partial charge in [-0.05, 0) is 57.8 Å². The standard InChI is InChI=1S/C43H73NO7/c1-6-8-10-12-14-16-18-20-21-22-24-26-28-30-32-34-42(46)51-39(37-49-36-35-40(43(47)48)44(3,4)5)38-50-41(45)33-31-29-27-25-23-19-17-15-13-11-9-7-2/h8-12,14-18,39-40H,6-7,13,19-38H2,1-5H3/b10-8+,11-9+,14-12+,17-15+,18-16+. The molecule has 0 N–H and O–H groups in total. The number of likely N-dealkylation sites (N-methyl/N-ethyl adjacent to an activating group) is 1. The zero-order chi connectivity index (χ0) is 37.8. The molecule has 8 nitrogen and oxygen atoms in total. The number of ether oxygens (including phenoxy) is 3. The molecule has 0 aromatic carbocycles. The maximum absolute atomic E-state index is 12.7. The number of esters is 2. The fourth-order valence-electron chi connectivity index (χ4n) is 5.40. The molecule has 0 spiro atoms. The smallest absolute Gasteiger partial charge is 0.306 e. The van der Waals surface area contributed by atoms with Gasteiger partial charge in [0, 0.05) is 19.3 Å². The highest BCUT2D eigenvalue weighted by molar-refractivity contribution is 5.70. The number of rotatable bonds is 34. The minimum atomic E-state index is -1.13. The van der Waals surface area contributed by atoms with Crippen molar-refractivity contribution < 1.29 is 38.2 Å². The highest BCUT2D eigenvalue weighted by Gasteiger charge is 2.25. The molecule has 2 unspecified atom stereocenters.